The molecule has 116 valence electrons. The van der Waals surface area contributed by atoms with Gasteiger partial charge < -0.3 is 0 Å². The molecule has 3 aromatic rings. The maximum atomic E-state index is 4.87. The fourth-order valence-electron chi connectivity index (χ4n) is 4.75. The largest absolute Gasteiger partial charge is 0.299 e. The molecule has 2 aliphatic carbocycles. The van der Waals surface area contributed by atoms with E-state index in [4.69, 9.17) is 9.97 Å². The van der Waals surface area contributed by atoms with Crippen molar-refractivity contribution in [3.05, 3.63) is 53.2 Å². The molecule has 2 aromatic heterocycles. The summed E-state index contributed by atoms with van der Waals surface area (Å²) in [6.45, 7) is 9.11. The number of aromatic nitrogens is 3. The maximum Gasteiger partial charge on any atom is 0.110 e. The van der Waals surface area contributed by atoms with Gasteiger partial charge in [0.1, 0.15) is 5.82 Å². The molecule has 2 aliphatic rings. The van der Waals surface area contributed by atoms with E-state index in [2.05, 4.69) is 50.5 Å². The highest BCUT2D eigenvalue weighted by molar-refractivity contribution is 5.84. The second-order valence-electron chi connectivity index (χ2n) is 7.72. The van der Waals surface area contributed by atoms with Crippen LogP contribution in [-0.2, 0) is 6.42 Å². The Morgan fingerprint density at radius 1 is 1.17 bits per heavy atom. The quantitative estimate of drug-likeness (QED) is 0.670. The third-order valence-corrected chi connectivity index (χ3v) is 6.17. The first-order chi connectivity index (χ1) is 11.0. The van der Waals surface area contributed by atoms with E-state index in [1.807, 2.05) is 12.3 Å². The number of nitrogens with zero attached hydrogens (tertiary/aromatic N) is 3. The second kappa shape index (κ2) is 4.02. The topological polar surface area (TPSA) is 30.7 Å². The van der Waals surface area contributed by atoms with Crippen molar-refractivity contribution in [3.8, 4) is 5.69 Å². The number of rotatable bonds is 1. The van der Waals surface area contributed by atoms with E-state index < -0.39 is 0 Å². The standard InChI is InChI=1S/C20H21N3/c1-11-13-7-5-6-8-15(13)21-10-17(11)23-12(2)22-16-9-14-18(19(16)23)20(14,3)4/h5-8,10,14,18H,9H2,1-4H3/t14-,18-/m0/s1. The van der Waals surface area contributed by atoms with E-state index in [-0.39, 0.29) is 0 Å². The van der Waals surface area contributed by atoms with Gasteiger partial charge in [-0.2, -0.15) is 0 Å². The summed E-state index contributed by atoms with van der Waals surface area (Å²) in [6, 6.07) is 8.38. The number of hydrogen-bond acceptors (Lipinski definition) is 2. The molecule has 1 saturated carbocycles. The van der Waals surface area contributed by atoms with Crippen molar-refractivity contribution in [2.45, 2.75) is 40.0 Å². The van der Waals surface area contributed by atoms with E-state index in [0.717, 1.165) is 23.7 Å². The monoisotopic (exact) mass is 303 g/mol. The van der Waals surface area contributed by atoms with Gasteiger partial charge in [-0.05, 0) is 43.2 Å². The first-order valence-electron chi connectivity index (χ1n) is 8.43. The van der Waals surface area contributed by atoms with Crippen LogP contribution >= 0.6 is 0 Å². The van der Waals surface area contributed by atoms with Crippen LogP contribution in [0.4, 0.5) is 0 Å². The third kappa shape index (κ3) is 1.55. The summed E-state index contributed by atoms with van der Waals surface area (Å²) in [6.07, 6.45) is 3.16. The van der Waals surface area contributed by atoms with Gasteiger partial charge in [-0.1, -0.05) is 32.0 Å². The molecule has 2 atom stereocenters. The van der Waals surface area contributed by atoms with Gasteiger partial charge in [0.25, 0.3) is 0 Å². The Labute approximate surface area is 136 Å². The second-order valence-corrected chi connectivity index (χ2v) is 7.72. The summed E-state index contributed by atoms with van der Waals surface area (Å²) >= 11 is 0. The molecular weight excluding hydrogens is 282 g/mol. The highest BCUT2D eigenvalue weighted by atomic mass is 15.1. The molecule has 1 aromatic carbocycles. The lowest BCUT2D eigenvalue weighted by Gasteiger charge is -2.16. The third-order valence-electron chi connectivity index (χ3n) is 6.17. The number of fused-ring (bicyclic) bond motifs is 4. The van der Waals surface area contributed by atoms with Crippen molar-refractivity contribution in [2.24, 2.45) is 11.3 Å². The summed E-state index contributed by atoms with van der Waals surface area (Å²) in [5.41, 5.74) is 6.73. The van der Waals surface area contributed by atoms with Gasteiger partial charge in [-0.15, -0.1) is 0 Å². The fourth-order valence-corrected chi connectivity index (χ4v) is 4.75. The predicted octanol–water partition coefficient (Wildman–Crippen LogP) is 4.33. The van der Waals surface area contributed by atoms with E-state index in [1.54, 1.807) is 0 Å². The number of imidazole rings is 1. The lowest BCUT2D eigenvalue weighted by molar-refractivity contribution is 0.534. The van der Waals surface area contributed by atoms with Crippen LogP contribution in [0.25, 0.3) is 16.6 Å². The Morgan fingerprint density at radius 2 is 1.96 bits per heavy atom. The minimum absolute atomic E-state index is 0.426. The van der Waals surface area contributed by atoms with Crippen LogP contribution in [-0.4, -0.2) is 14.5 Å². The smallest absolute Gasteiger partial charge is 0.110 e. The van der Waals surface area contributed by atoms with Gasteiger partial charge in [-0.3, -0.25) is 9.55 Å². The SMILES string of the molecule is Cc1c(-n2c(C)nc3c2[C@@H]2[C@H](C3)C2(C)C)cnc2ccccc12. The molecule has 3 heteroatoms. The van der Waals surface area contributed by atoms with Crippen LogP contribution < -0.4 is 0 Å². The normalized spacial score (nSPS) is 23.8. The van der Waals surface area contributed by atoms with Crippen LogP contribution in [0.1, 0.15) is 42.5 Å². The molecule has 0 bridgehead atoms. The van der Waals surface area contributed by atoms with Crippen molar-refractivity contribution < 1.29 is 0 Å². The van der Waals surface area contributed by atoms with Crippen molar-refractivity contribution in [1.82, 2.24) is 14.5 Å². The lowest BCUT2D eigenvalue weighted by Crippen LogP contribution is -2.07. The molecule has 0 N–H and O–H groups in total. The lowest BCUT2D eigenvalue weighted by atomic mass is 10.0. The summed E-state index contributed by atoms with van der Waals surface area (Å²) in [7, 11) is 0. The number of hydrogen-bond donors (Lipinski definition) is 0. The van der Waals surface area contributed by atoms with Crippen LogP contribution in [0.2, 0.25) is 0 Å². The van der Waals surface area contributed by atoms with Crippen molar-refractivity contribution >= 4 is 10.9 Å². The van der Waals surface area contributed by atoms with E-state index in [1.165, 1.54) is 28.0 Å². The van der Waals surface area contributed by atoms with Gasteiger partial charge >= 0.3 is 0 Å². The number of aryl methyl sites for hydroxylation is 2. The highest BCUT2D eigenvalue weighted by Gasteiger charge is 2.64. The summed E-state index contributed by atoms with van der Waals surface area (Å²) < 4.78 is 2.38. The zero-order chi connectivity index (χ0) is 15.9. The van der Waals surface area contributed by atoms with Gasteiger partial charge in [0, 0.05) is 17.0 Å². The van der Waals surface area contributed by atoms with Gasteiger partial charge in [0.15, 0.2) is 0 Å². The Kier molecular flexibility index (Phi) is 2.33. The van der Waals surface area contributed by atoms with Gasteiger partial charge in [0.2, 0.25) is 0 Å². The first-order valence-corrected chi connectivity index (χ1v) is 8.43. The maximum absolute atomic E-state index is 4.87. The van der Waals surface area contributed by atoms with Crippen LogP contribution in [0, 0.1) is 25.2 Å². The summed E-state index contributed by atoms with van der Waals surface area (Å²) in [5, 5.41) is 1.23. The molecule has 5 rings (SSSR count). The highest BCUT2D eigenvalue weighted by Crippen LogP contribution is 2.70. The predicted molar refractivity (Wildman–Crippen MR) is 92.1 cm³/mol. The van der Waals surface area contributed by atoms with Crippen LogP contribution in [0.3, 0.4) is 0 Å². The van der Waals surface area contributed by atoms with Crippen molar-refractivity contribution in [2.75, 3.05) is 0 Å². The van der Waals surface area contributed by atoms with Crippen LogP contribution in [0.5, 0.6) is 0 Å². The summed E-state index contributed by atoms with van der Waals surface area (Å²) in [5.74, 6) is 2.53. The average Bonchev–Trinajstić information content (AvgIpc) is 2.84. The molecule has 3 nitrogen and oxygen atoms in total. The van der Waals surface area contributed by atoms with Gasteiger partial charge in [0.05, 0.1) is 23.1 Å². The van der Waals surface area contributed by atoms with E-state index >= 15 is 0 Å². The van der Waals surface area contributed by atoms with Crippen LogP contribution in [0.15, 0.2) is 30.5 Å². The Morgan fingerprint density at radius 3 is 2.78 bits per heavy atom. The number of para-hydroxylation sites is 1. The molecule has 0 amide bonds. The Balaban J connectivity index is 1.77. The average molecular weight is 303 g/mol. The molecule has 1 fully saturated rings. The zero-order valence-corrected chi connectivity index (χ0v) is 14.1. The number of pyridine rings is 1. The first kappa shape index (κ1) is 13.3. The van der Waals surface area contributed by atoms with E-state index in [0.29, 0.717) is 11.3 Å². The van der Waals surface area contributed by atoms with Gasteiger partial charge in [-0.25, -0.2) is 4.98 Å². The molecule has 23 heavy (non-hydrogen) atoms. The minimum Gasteiger partial charge on any atom is -0.299 e. The molecule has 0 aliphatic heterocycles. The Bertz CT molecular complexity index is 964. The summed E-state index contributed by atoms with van der Waals surface area (Å²) in [4.78, 5) is 9.56. The fraction of sp³-hybridized carbons (Fsp3) is 0.400. The zero-order valence-electron chi connectivity index (χ0n) is 14.1. The molecule has 2 heterocycles. The molecule has 0 radical (unpaired) electrons. The Hall–Kier alpha value is -2.16. The molecular formula is C20H21N3. The molecule has 0 spiro atoms. The minimum atomic E-state index is 0.426. The molecule has 0 unspecified atom stereocenters. The number of benzene rings is 1. The van der Waals surface area contributed by atoms with E-state index in [9.17, 15) is 0 Å². The molecule has 0 saturated heterocycles. The van der Waals surface area contributed by atoms with Crippen molar-refractivity contribution in [3.63, 3.8) is 0 Å². The van der Waals surface area contributed by atoms with Crippen molar-refractivity contribution in [1.29, 1.82) is 0 Å².